The second-order valence-corrected chi connectivity index (χ2v) is 31.8. The van der Waals surface area contributed by atoms with Crippen LogP contribution in [0.15, 0.2) is 216 Å². The zero-order valence-electron chi connectivity index (χ0n) is 64.7. The first kappa shape index (κ1) is 85.3. The van der Waals surface area contributed by atoms with Crippen molar-refractivity contribution in [2.24, 2.45) is 0 Å². The van der Waals surface area contributed by atoms with Crippen molar-refractivity contribution in [2.45, 2.75) is 86.5 Å². The van der Waals surface area contributed by atoms with Crippen molar-refractivity contribution < 1.29 is 86.2 Å². The van der Waals surface area contributed by atoms with Gasteiger partial charge in [0, 0.05) is 51.4 Å². The molecule has 4 unspecified atom stereocenters. The summed E-state index contributed by atoms with van der Waals surface area (Å²) in [4.78, 5) is 116. The van der Waals surface area contributed by atoms with Gasteiger partial charge in [0.05, 0.1) is 22.3 Å². The lowest BCUT2D eigenvalue weighted by atomic mass is 9.95. The van der Waals surface area contributed by atoms with Gasteiger partial charge in [-0.25, -0.2) is 17.6 Å². The van der Waals surface area contributed by atoms with Crippen LogP contribution in [0.5, 0.6) is 0 Å². The van der Waals surface area contributed by atoms with E-state index >= 15 is 0 Å². The van der Waals surface area contributed by atoms with Crippen molar-refractivity contribution >= 4 is 142 Å². The summed E-state index contributed by atoms with van der Waals surface area (Å²) >= 11 is 4.44. The number of hydrogen-bond donors (Lipinski definition) is 5. The van der Waals surface area contributed by atoms with Crippen LogP contribution in [0.1, 0.15) is 118 Å². The molecular formula is C86H68F4N12O14S4. The van der Waals surface area contributed by atoms with Crippen LogP contribution in [-0.2, 0) is 43.2 Å². The van der Waals surface area contributed by atoms with Crippen molar-refractivity contribution in [3.63, 3.8) is 0 Å². The highest BCUT2D eigenvalue weighted by atomic mass is 32.1. The molecule has 4 aromatic heterocycles. The third-order valence-corrected chi connectivity index (χ3v) is 22.1. The van der Waals surface area contributed by atoms with Gasteiger partial charge in [0.2, 0.25) is 20.5 Å². The second kappa shape index (κ2) is 36.2. The smallest absolute Gasteiger partial charge is 0.301 e. The normalized spacial score (nSPS) is 18.0. The molecule has 4 amide bonds. The van der Waals surface area contributed by atoms with E-state index in [0.29, 0.717) is 42.3 Å². The minimum atomic E-state index is -1.15. The Bertz CT molecular complexity index is 5470. The molecular weight excluding hydrogens is 1630 g/mol. The molecule has 0 aliphatic carbocycles. The Hall–Kier alpha value is -14.1. The molecule has 4 aliphatic heterocycles. The van der Waals surface area contributed by atoms with Gasteiger partial charge >= 0.3 is 23.6 Å². The number of aromatic nitrogens is 8. The summed E-state index contributed by atoms with van der Waals surface area (Å²) in [6.07, 6.45) is 0. The van der Waals surface area contributed by atoms with E-state index in [4.69, 9.17) is 9.90 Å². The Morgan fingerprint density at radius 3 is 0.600 bits per heavy atom. The van der Waals surface area contributed by atoms with Crippen LogP contribution in [-0.4, -0.2) is 119 Å². The lowest BCUT2D eigenvalue weighted by Gasteiger charge is -2.22. The van der Waals surface area contributed by atoms with Crippen LogP contribution in [0.2, 0.25) is 0 Å². The number of anilines is 4. The maximum absolute atomic E-state index is 14.7. The van der Waals surface area contributed by atoms with E-state index in [1.165, 1.54) is 72.8 Å². The van der Waals surface area contributed by atoms with Crippen molar-refractivity contribution in [1.29, 1.82) is 0 Å². The number of benzene rings is 8. The third kappa shape index (κ3) is 17.6. The van der Waals surface area contributed by atoms with Gasteiger partial charge in [-0.15, -0.1) is 40.8 Å². The molecule has 120 heavy (non-hydrogen) atoms. The van der Waals surface area contributed by atoms with E-state index in [9.17, 15) is 76.3 Å². The first-order valence-corrected chi connectivity index (χ1v) is 39.4. The third-order valence-electron chi connectivity index (χ3n) is 18.8. The van der Waals surface area contributed by atoms with E-state index in [1.54, 1.807) is 149 Å². The van der Waals surface area contributed by atoms with Gasteiger partial charge in [0.1, 0.15) is 90.5 Å². The SMILES string of the molecule is CC(=O)O.Cc1ccc(/C(O)=C2\C(=O)C(=O)N(c3nnc(C)s3)C2c2ccccc2F)cc1.Cc1ccc(/C(O)=C2\C(=O)C(=O)N(c3nnc(C)s3)C2c2ccccc2F)cc1.Cc1ccc(/C(O)=C2\C(=O)C(=O)N(c3nnc(C)s3)C2c2ccccc2F)cc1.Cc1ccc(/C(O)=C2\C(=O)C(=O)N(c3nnc(C)s3)C2c2ccccc2F)cc1. The highest BCUT2D eigenvalue weighted by Crippen LogP contribution is 2.49. The fourth-order valence-corrected chi connectivity index (χ4v) is 15.9. The number of carbonyl (C=O) groups excluding carboxylic acids is 8. The molecule has 0 bridgehead atoms. The number of aliphatic hydroxyl groups excluding tert-OH is 4. The zero-order valence-corrected chi connectivity index (χ0v) is 68.0. The molecule has 5 N–H and O–H groups in total. The summed E-state index contributed by atoms with van der Waals surface area (Å²) in [6.45, 7) is 15.5. The number of hydrogen-bond acceptors (Lipinski definition) is 25. The molecule has 4 fully saturated rings. The topological polar surface area (TPSA) is 371 Å². The maximum atomic E-state index is 14.7. The Morgan fingerprint density at radius 1 is 0.283 bits per heavy atom. The van der Waals surface area contributed by atoms with E-state index < -0.39 is 100 Å². The quantitative estimate of drug-likeness (QED) is 0.0328. The molecule has 4 atom stereocenters. The van der Waals surface area contributed by atoms with Gasteiger partial charge in [0.15, 0.2) is 0 Å². The summed E-state index contributed by atoms with van der Waals surface area (Å²) in [6, 6.07) is 46.1. The molecule has 4 saturated heterocycles. The predicted molar refractivity (Wildman–Crippen MR) is 441 cm³/mol. The van der Waals surface area contributed by atoms with Gasteiger partial charge < -0.3 is 25.5 Å². The Labute approximate surface area is 697 Å². The summed E-state index contributed by atoms with van der Waals surface area (Å²) in [5.74, 6) is -11.8. The molecule has 0 spiro atoms. The number of nitrogens with zero attached hydrogens (tertiary/aromatic N) is 12. The minimum absolute atomic E-state index is 0.0909. The van der Waals surface area contributed by atoms with Crippen molar-refractivity contribution in [2.75, 3.05) is 19.6 Å². The molecule has 8 heterocycles. The Balaban J connectivity index is 0.000000144. The fraction of sp³-hybridized carbons (Fsp3) is 0.151. The number of Topliss-reactive ketones (excluding diaryl/α,β-unsaturated/α-hetero) is 4. The van der Waals surface area contributed by atoms with Crippen molar-refractivity contribution in [3.05, 3.63) is 326 Å². The summed E-state index contributed by atoms with van der Waals surface area (Å²) in [5.41, 5.74) is 4.96. The zero-order chi connectivity index (χ0) is 86.4. The predicted octanol–water partition coefficient (Wildman–Crippen LogP) is 15.8. The molecule has 34 heteroatoms. The molecule has 12 aromatic rings. The summed E-state index contributed by atoms with van der Waals surface area (Å²) < 4.78 is 58.8. The van der Waals surface area contributed by atoms with Gasteiger partial charge in [0.25, 0.3) is 29.1 Å². The van der Waals surface area contributed by atoms with Crippen LogP contribution >= 0.6 is 45.3 Å². The summed E-state index contributed by atoms with van der Waals surface area (Å²) in [5, 5.41) is 85.6. The van der Waals surface area contributed by atoms with E-state index in [-0.39, 0.29) is 88.1 Å². The number of carboxylic acid groups (broad SMARTS) is 1. The highest BCUT2D eigenvalue weighted by Gasteiger charge is 2.53. The number of amides is 4. The van der Waals surface area contributed by atoms with Crippen molar-refractivity contribution in [1.82, 2.24) is 40.8 Å². The fourth-order valence-electron chi connectivity index (χ4n) is 13.1. The molecule has 16 rings (SSSR count). The summed E-state index contributed by atoms with van der Waals surface area (Å²) in [7, 11) is 0. The van der Waals surface area contributed by atoms with Crippen LogP contribution in [0.4, 0.5) is 38.1 Å². The van der Waals surface area contributed by atoms with Gasteiger partial charge in [-0.05, 0) is 79.7 Å². The first-order chi connectivity index (χ1) is 57.3. The lowest BCUT2D eigenvalue weighted by Crippen LogP contribution is -2.29. The first-order valence-electron chi connectivity index (χ1n) is 36.2. The number of carboxylic acids is 1. The molecule has 0 radical (unpaired) electrons. The van der Waals surface area contributed by atoms with Crippen LogP contribution < -0.4 is 19.6 Å². The molecule has 4 aliphatic rings. The van der Waals surface area contributed by atoms with Crippen LogP contribution in [0, 0.1) is 78.7 Å². The number of rotatable bonds is 12. The molecule has 0 saturated carbocycles. The highest BCUT2D eigenvalue weighted by molar-refractivity contribution is 7.16. The van der Waals surface area contributed by atoms with Crippen LogP contribution in [0.25, 0.3) is 23.0 Å². The van der Waals surface area contributed by atoms with Gasteiger partial charge in [-0.3, -0.25) is 62.8 Å². The molecule has 26 nitrogen and oxygen atoms in total. The molecule has 8 aromatic carbocycles. The minimum Gasteiger partial charge on any atom is -0.507 e. The number of halogens is 4. The second-order valence-electron chi connectivity index (χ2n) is 27.2. The molecule has 608 valence electrons. The number of carbonyl (C=O) groups is 9. The largest absolute Gasteiger partial charge is 0.507 e. The van der Waals surface area contributed by atoms with Gasteiger partial charge in [-0.2, -0.15) is 0 Å². The van der Waals surface area contributed by atoms with Crippen LogP contribution in [0.3, 0.4) is 0 Å². The number of aliphatic hydroxyl groups is 4. The standard InChI is InChI=1S/4C21H16FN3O3S.C2H4O2/c4*1-11-7-9-13(10-8-11)18(26)16-17(14-5-3-4-6-15(14)22)25(20(28)19(16)27)21-24-23-12(2)29-21;1-2(3)4/h4*3-10,17,26H,1-2H3;1H3,(H,3,4)/b4*18-16+;. The maximum Gasteiger partial charge on any atom is 0.301 e. The Kier molecular flexibility index (Phi) is 25.7. The Morgan fingerprint density at radius 2 is 0.450 bits per heavy atom. The number of aryl methyl sites for hydroxylation is 8. The van der Waals surface area contributed by atoms with E-state index in [2.05, 4.69) is 40.8 Å². The van der Waals surface area contributed by atoms with Gasteiger partial charge in [-0.1, -0.05) is 237 Å². The average Bonchev–Trinajstić information content (AvgIpc) is 1.61. The number of ketones is 4. The van der Waals surface area contributed by atoms with Crippen molar-refractivity contribution in [3.8, 4) is 0 Å². The monoisotopic (exact) mass is 1700 g/mol. The van der Waals surface area contributed by atoms with E-state index in [0.717, 1.165) is 94.1 Å². The lowest BCUT2D eigenvalue weighted by molar-refractivity contribution is -0.134. The number of aliphatic carboxylic acids is 1. The average molecular weight is 1700 g/mol. The van der Waals surface area contributed by atoms with E-state index in [1.807, 2.05) is 27.7 Å².